The summed E-state index contributed by atoms with van der Waals surface area (Å²) in [6, 6.07) is 0. The predicted octanol–water partition coefficient (Wildman–Crippen LogP) is 8.94. The summed E-state index contributed by atoms with van der Waals surface area (Å²) in [5.74, 6) is -0.808. The molecule has 0 amide bonds. The van der Waals surface area contributed by atoms with E-state index in [4.69, 9.17) is 18.9 Å². The van der Waals surface area contributed by atoms with Gasteiger partial charge in [-0.25, -0.2) is 0 Å². The summed E-state index contributed by atoms with van der Waals surface area (Å²) < 4.78 is 22.1. The van der Waals surface area contributed by atoms with Gasteiger partial charge in [0.05, 0.1) is 13.2 Å². The third-order valence-corrected chi connectivity index (χ3v) is 10.1. The summed E-state index contributed by atoms with van der Waals surface area (Å²) in [7, 11) is 0. The van der Waals surface area contributed by atoms with Crippen LogP contribution in [0.5, 0.6) is 0 Å². The quantitative estimate of drug-likeness (QED) is 0.0276. The molecule has 10 heteroatoms. The molecule has 0 spiro atoms. The number of hydrogen-bond acceptors (Lipinski definition) is 10. The lowest BCUT2D eigenvalue weighted by atomic mass is 9.99. The fourth-order valence-corrected chi connectivity index (χ4v) is 6.57. The standard InChI is InChI=1S/C44H80O10/c1-3-5-7-9-11-13-15-16-17-18-19-20-21-22-23-25-26-28-30-32-39(46)51-35-37(36-52-44-43(50)42(49)41(48)38(34-45)54-44)53-40(47)33-31-29-27-24-14-12-10-8-6-4-2/h11,13,16-17,37-38,41-45,48-50H,3-10,12,14-15,18-36H2,1-2H3/b13-11+,17-16+/t37-,38-,41+,42?,43?,44-/m0/s1. The second kappa shape index (κ2) is 35.6. The molecule has 10 nitrogen and oxygen atoms in total. The maximum Gasteiger partial charge on any atom is 0.306 e. The normalized spacial score (nSPS) is 20.9. The minimum Gasteiger partial charge on any atom is -0.462 e. The molecular weight excluding hydrogens is 688 g/mol. The number of aliphatic hydroxyl groups is 4. The molecular formula is C44H80O10. The molecule has 2 unspecified atom stereocenters. The molecule has 0 aromatic heterocycles. The summed E-state index contributed by atoms with van der Waals surface area (Å²) in [5.41, 5.74) is 0. The Morgan fingerprint density at radius 1 is 0.574 bits per heavy atom. The van der Waals surface area contributed by atoms with Gasteiger partial charge in [0.25, 0.3) is 0 Å². The number of carbonyl (C=O) groups is 2. The molecule has 54 heavy (non-hydrogen) atoms. The topological polar surface area (TPSA) is 152 Å². The molecule has 0 saturated carbocycles. The number of allylic oxidation sites excluding steroid dienone is 4. The summed E-state index contributed by atoms with van der Waals surface area (Å²) >= 11 is 0. The molecule has 0 aromatic rings. The van der Waals surface area contributed by atoms with E-state index in [1.165, 1.54) is 96.3 Å². The second-order valence-electron chi connectivity index (χ2n) is 15.2. The van der Waals surface area contributed by atoms with Crippen LogP contribution in [0.25, 0.3) is 0 Å². The average molecular weight is 769 g/mol. The van der Waals surface area contributed by atoms with E-state index in [0.29, 0.717) is 6.42 Å². The lowest BCUT2D eigenvalue weighted by Gasteiger charge is -2.39. The van der Waals surface area contributed by atoms with E-state index in [2.05, 4.69) is 38.2 Å². The zero-order valence-corrected chi connectivity index (χ0v) is 34.2. The van der Waals surface area contributed by atoms with Crippen LogP contribution in [0, 0.1) is 0 Å². The van der Waals surface area contributed by atoms with E-state index >= 15 is 0 Å². The van der Waals surface area contributed by atoms with Crippen molar-refractivity contribution >= 4 is 11.9 Å². The highest BCUT2D eigenvalue weighted by molar-refractivity contribution is 5.70. The molecule has 1 fully saturated rings. The lowest BCUT2D eigenvalue weighted by Crippen LogP contribution is -2.59. The van der Waals surface area contributed by atoms with Gasteiger partial charge >= 0.3 is 11.9 Å². The van der Waals surface area contributed by atoms with Crippen LogP contribution < -0.4 is 0 Å². The molecule has 0 bridgehead atoms. The van der Waals surface area contributed by atoms with E-state index in [9.17, 15) is 30.0 Å². The van der Waals surface area contributed by atoms with Gasteiger partial charge in [-0.05, 0) is 44.9 Å². The molecule has 1 heterocycles. The number of hydrogen-bond donors (Lipinski definition) is 4. The average Bonchev–Trinajstić information content (AvgIpc) is 3.17. The van der Waals surface area contributed by atoms with Crippen molar-refractivity contribution in [2.45, 2.75) is 224 Å². The number of esters is 2. The van der Waals surface area contributed by atoms with Crippen molar-refractivity contribution in [3.63, 3.8) is 0 Å². The van der Waals surface area contributed by atoms with Gasteiger partial charge in [-0.15, -0.1) is 0 Å². The summed E-state index contributed by atoms with van der Waals surface area (Å²) in [5, 5.41) is 40.0. The Kier molecular flexibility index (Phi) is 33.1. The van der Waals surface area contributed by atoms with Crippen LogP contribution in [0.4, 0.5) is 0 Å². The van der Waals surface area contributed by atoms with Crippen LogP contribution >= 0.6 is 0 Å². The van der Waals surface area contributed by atoms with Gasteiger partial charge in [0.15, 0.2) is 12.4 Å². The molecule has 6 atom stereocenters. The molecule has 1 aliphatic heterocycles. The van der Waals surface area contributed by atoms with Crippen LogP contribution in [0.2, 0.25) is 0 Å². The number of aliphatic hydroxyl groups excluding tert-OH is 4. The van der Waals surface area contributed by atoms with Crippen molar-refractivity contribution in [1.29, 1.82) is 0 Å². The summed E-state index contributed by atoms with van der Waals surface area (Å²) in [6.45, 7) is 3.38. The van der Waals surface area contributed by atoms with Gasteiger partial charge in [0.2, 0.25) is 0 Å². The number of rotatable bonds is 36. The molecule has 1 rings (SSSR count). The minimum absolute atomic E-state index is 0.216. The third-order valence-electron chi connectivity index (χ3n) is 10.1. The van der Waals surface area contributed by atoms with Gasteiger partial charge in [-0.3, -0.25) is 9.59 Å². The van der Waals surface area contributed by atoms with Gasteiger partial charge in [0, 0.05) is 12.8 Å². The van der Waals surface area contributed by atoms with Crippen molar-refractivity contribution in [3.05, 3.63) is 24.3 Å². The number of carbonyl (C=O) groups excluding carboxylic acids is 2. The van der Waals surface area contributed by atoms with E-state index in [1.54, 1.807) is 0 Å². The zero-order valence-electron chi connectivity index (χ0n) is 34.2. The van der Waals surface area contributed by atoms with Crippen LogP contribution in [0.1, 0.15) is 187 Å². The Hall–Kier alpha value is -1.82. The van der Waals surface area contributed by atoms with E-state index < -0.39 is 49.4 Å². The molecule has 4 N–H and O–H groups in total. The van der Waals surface area contributed by atoms with E-state index in [1.807, 2.05) is 0 Å². The van der Waals surface area contributed by atoms with Gasteiger partial charge in [0.1, 0.15) is 31.0 Å². The first-order chi connectivity index (χ1) is 26.3. The maximum atomic E-state index is 12.7. The van der Waals surface area contributed by atoms with Gasteiger partial charge in [-0.1, -0.05) is 154 Å². The third kappa shape index (κ3) is 26.9. The Labute approximate surface area is 328 Å². The molecule has 0 radical (unpaired) electrons. The van der Waals surface area contributed by atoms with Crippen molar-refractivity contribution in [2.75, 3.05) is 19.8 Å². The maximum absolute atomic E-state index is 12.7. The Morgan fingerprint density at radius 3 is 1.57 bits per heavy atom. The van der Waals surface area contributed by atoms with Crippen molar-refractivity contribution in [3.8, 4) is 0 Å². The molecule has 0 aliphatic carbocycles. The first kappa shape index (κ1) is 50.2. The summed E-state index contributed by atoms with van der Waals surface area (Å²) in [6.07, 6.45) is 30.5. The molecule has 316 valence electrons. The predicted molar refractivity (Wildman–Crippen MR) is 215 cm³/mol. The first-order valence-corrected chi connectivity index (χ1v) is 21.9. The Morgan fingerprint density at radius 2 is 1.04 bits per heavy atom. The van der Waals surface area contributed by atoms with Crippen LogP contribution in [0.3, 0.4) is 0 Å². The Bertz CT molecular complexity index is 938. The van der Waals surface area contributed by atoms with Gasteiger partial charge in [-0.2, -0.15) is 0 Å². The minimum atomic E-state index is -1.59. The monoisotopic (exact) mass is 769 g/mol. The second-order valence-corrected chi connectivity index (χ2v) is 15.2. The van der Waals surface area contributed by atoms with E-state index in [0.717, 1.165) is 57.8 Å². The van der Waals surface area contributed by atoms with Crippen LogP contribution in [0.15, 0.2) is 24.3 Å². The molecule has 1 aliphatic rings. The highest BCUT2D eigenvalue weighted by atomic mass is 16.7. The smallest absolute Gasteiger partial charge is 0.306 e. The van der Waals surface area contributed by atoms with Crippen molar-refractivity contribution in [2.24, 2.45) is 0 Å². The number of ether oxygens (including phenoxy) is 4. The zero-order chi connectivity index (χ0) is 39.5. The molecule has 1 saturated heterocycles. The largest absolute Gasteiger partial charge is 0.462 e. The van der Waals surface area contributed by atoms with Crippen LogP contribution in [-0.2, 0) is 28.5 Å². The molecule has 0 aromatic carbocycles. The fraction of sp³-hybridized carbons (Fsp3) is 0.864. The van der Waals surface area contributed by atoms with Crippen molar-refractivity contribution in [1.82, 2.24) is 0 Å². The van der Waals surface area contributed by atoms with E-state index in [-0.39, 0.29) is 32.0 Å². The number of unbranched alkanes of at least 4 members (excludes halogenated alkanes) is 21. The fourth-order valence-electron chi connectivity index (χ4n) is 6.57. The van der Waals surface area contributed by atoms with Crippen LogP contribution in [-0.4, -0.2) is 89.0 Å². The lowest BCUT2D eigenvalue weighted by molar-refractivity contribution is -0.305. The highest BCUT2D eigenvalue weighted by Gasteiger charge is 2.44. The SMILES string of the molecule is CCCCC/C=C/C/C=C/CCCCCCCCCCCC(=O)OC[C@@H](CO[C@H]1O[C@@H](CO)[C@@H](O)C(O)C1O)OC(=O)CCCCCCCCCCCC. The van der Waals surface area contributed by atoms with Crippen molar-refractivity contribution < 1.29 is 49.0 Å². The first-order valence-electron chi connectivity index (χ1n) is 21.9. The Balaban J connectivity index is 2.29. The highest BCUT2D eigenvalue weighted by Crippen LogP contribution is 2.22. The summed E-state index contributed by atoms with van der Waals surface area (Å²) in [4.78, 5) is 25.2. The van der Waals surface area contributed by atoms with Gasteiger partial charge < -0.3 is 39.4 Å².